The van der Waals surface area contributed by atoms with Gasteiger partial charge in [0, 0.05) is 19.0 Å². The summed E-state index contributed by atoms with van der Waals surface area (Å²) in [5.74, 6) is -1.16. The van der Waals surface area contributed by atoms with Crippen LogP contribution < -0.4 is 10.6 Å². The molecule has 1 atom stereocenters. The second-order valence-corrected chi connectivity index (χ2v) is 9.05. The molecule has 3 N–H and O–H groups in total. The van der Waals surface area contributed by atoms with Crippen LogP contribution in [0.4, 0.5) is 4.79 Å². The number of carbonyl (C=O) groups excluding carboxylic acids is 2. The van der Waals surface area contributed by atoms with Gasteiger partial charge in [0.05, 0.1) is 25.6 Å². The van der Waals surface area contributed by atoms with Gasteiger partial charge in [-0.15, -0.1) is 0 Å². The summed E-state index contributed by atoms with van der Waals surface area (Å²) in [4.78, 5) is 35.8. The van der Waals surface area contributed by atoms with E-state index in [0.29, 0.717) is 6.54 Å². The summed E-state index contributed by atoms with van der Waals surface area (Å²) in [6.07, 6.45) is 2.40. The molecule has 0 bridgehead atoms. The van der Waals surface area contributed by atoms with E-state index in [9.17, 15) is 14.4 Å². The van der Waals surface area contributed by atoms with Gasteiger partial charge in [-0.3, -0.25) is 9.59 Å². The van der Waals surface area contributed by atoms with Crippen molar-refractivity contribution in [2.45, 2.75) is 31.6 Å². The van der Waals surface area contributed by atoms with Crippen molar-refractivity contribution in [1.82, 2.24) is 10.6 Å². The van der Waals surface area contributed by atoms with Gasteiger partial charge in [-0.1, -0.05) is 55.0 Å². The molecule has 1 unspecified atom stereocenters. The van der Waals surface area contributed by atoms with Crippen LogP contribution in [0.3, 0.4) is 0 Å². The Morgan fingerprint density at radius 1 is 0.943 bits per heavy atom. The van der Waals surface area contributed by atoms with Crippen molar-refractivity contribution < 1.29 is 29.0 Å². The van der Waals surface area contributed by atoms with E-state index in [2.05, 4.69) is 34.9 Å². The van der Waals surface area contributed by atoms with Crippen molar-refractivity contribution in [1.29, 1.82) is 0 Å². The summed E-state index contributed by atoms with van der Waals surface area (Å²) < 4.78 is 10.8. The SMILES string of the molecule is O=C(O)CCOCCNC(=O)C(CNC(=O)OCC1c2ccccc2-c2ccccc21)C1CCC1. The number of aliphatic carboxylic acids is 1. The average molecular weight is 481 g/mol. The van der Waals surface area contributed by atoms with Gasteiger partial charge in [-0.25, -0.2) is 4.79 Å². The Morgan fingerprint density at radius 3 is 2.20 bits per heavy atom. The van der Waals surface area contributed by atoms with Crippen LogP contribution in [0.25, 0.3) is 11.1 Å². The van der Waals surface area contributed by atoms with Crippen molar-refractivity contribution in [2.75, 3.05) is 32.9 Å². The maximum atomic E-state index is 12.7. The summed E-state index contributed by atoms with van der Waals surface area (Å²) in [5.41, 5.74) is 4.65. The van der Waals surface area contributed by atoms with E-state index in [1.807, 2.05) is 24.3 Å². The van der Waals surface area contributed by atoms with Crippen LogP contribution >= 0.6 is 0 Å². The third-order valence-corrected chi connectivity index (χ3v) is 6.87. The van der Waals surface area contributed by atoms with Crippen LogP contribution in [0.1, 0.15) is 42.7 Å². The highest BCUT2D eigenvalue weighted by Gasteiger charge is 2.33. The van der Waals surface area contributed by atoms with Crippen LogP contribution in [0.15, 0.2) is 48.5 Å². The number of rotatable bonds is 12. The molecule has 35 heavy (non-hydrogen) atoms. The van der Waals surface area contributed by atoms with E-state index in [-0.39, 0.29) is 56.4 Å². The van der Waals surface area contributed by atoms with E-state index in [4.69, 9.17) is 14.6 Å². The predicted octanol–water partition coefficient (Wildman–Crippen LogP) is 3.55. The van der Waals surface area contributed by atoms with Crippen LogP contribution in [0.5, 0.6) is 0 Å². The monoisotopic (exact) mass is 480 g/mol. The van der Waals surface area contributed by atoms with E-state index in [0.717, 1.165) is 30.4 Å². The van der Waals surface area contributed by atoms with Crippen molar-refractivity contribution in [2.24, 2.45) is 11.8 Å². The molecule has 0 spiro atoms. The number of nitrogens with one attached hydrogen (secondary N) is 2. The average Bonchev–Trinajstić information content (AvgIpc) is 3.14. The zero-order valence-electron chi connectivity index (χ0n) is 19.7. The topological polar surface area (TPSA) is 114 Å². The number of benzene rings is 2. The lowest BCUT2D eigenvalue weighted by Crippen LogP contribution is -2.45. The number of carbonyl (C=O) groups is 3. The number of hydrogen-bond donors (Lipinski definition) is 3. The van der Waals surface area contributed by atoms with Crippen LogP contribution in [-0.4, -0.2) is 56.0 Å². The van der Waals surface area contributed by atoms with Crippen LogP contribution in [0, 0.1) is 11.8 Å². The first-order chi connectivity index (χ1) is 17.0. The molecule has 8 nitrogen and oxygen atoms in total. The number of alkyl carbamates (subject to hydrolysis) is 1. The van der Waals surface area contributed by atoms with Gasteiger partial charge >= 0.3 is 12.1 Å². The minimum Gasteiger partial charge on any atom is -0.481 e. The Bertz CT molecular complexity index is 1010. The molecule has 186 valence electrons. The van der Waals surface area contributed by atoms with Crippen molar-refractivity contribution in [3.05, 3.63) is 59.7 Å². The number of carboxylic acids is 1. The van der Waals surface area contributed by atoms with Gasteiger partial charge in [-0.2, -0.15) is 0 Å². The standard InChI is InChI=1S/C27H32N2O6/c30-25(31)12-14-34-15-13-28-26(32)23(18-6-5-7-18)16-29-27(33)35-17-24-21-10-3-1-8-19(21)20-9-2-4-11-22(20)24/h1-4,8-11,18,23-24H,5-7,12-17H2,(H,28,32)(H,29,33)(H,30,31). The highest BCUT2D eigenvalue weighted by atomic mass is 16.5. The molecule has 1 fully saturated rings. The third-order valence-electron chi connectivity index (χ3n) is 6.87. The lowest BCUT2D eigenvalue weighted by molar-refractivity contribution is -0.138. The first-order valence-corrected chi connectivity index (χ1v) is 12.2. The molecule has 0 aliphatic heterocycles. The molecule has 0 aromatic heterocycles. The Hall–Kier alpha value is -3.39. The minimum atomic E-state index is -0.918. The van der Waals surface area contributed by atoms with Gasteiger partial charge in [-0.05, 0) is 41.0 Å². The maximum absolute atomic E-state index is 12.7. The van der Waals surface area contributed by atoms with Crippen LogP contribution in [-0.2, 0) is 19.1 Å². The largest absolute Gasteiger partial charge is 0.481 e. The fraction of sp³-hybridized carbons (Fsp3) is 0.444. The summed E-state index contributed by atoms with van der Waals surface area (Å²) in [6.45, 7) is 1.10. The smallest absolute Gasteiger partial charge is 0.407 e. The molecule has 2 amide bonds. The lowest BCUT2D eigenvalue weighted by atomic mass is 9.75. The quantitative estimate of drug-likeness (QED) is 0.401. The van der Waals surface area contributed by atoms with Crippen LogP contribution in [0.2, 0.25) is 0 Å². The molecule has 0 radical (unpaired) electrons. The molecule has 2 aliphatic rings. The second-order valence-electron chi connectivity index (χ2n) is 9.05. The Balaban J connectivity index is 1.25. The summed E-state index contributed by atoms with van der Waals surface area (Å²) in [7, 11) is 0. The summed E-state index contributed by atoms with van der Waals surface area (Å²) in [6, 6.07) is 16.3. The zero-order chi connectivity index (χ0) is 24.6. The number of ether oxygens (including phenoxy) is 2. The minimum absolute atomic E-state index is 0.0139. The Kier molecular flexibility index (Phi) is 8.36. The molecule has 1 saturated carbocycles. The molecule has 0 saturated heterocycles. The fourth-order valence-electron chi connectivity index (χ4n) is 4.80. The molecular formula is C27H32N2O6. The van der Waals surface area contributed by atoms with Gasteiger partial charge in [0.15, 0.2) is 0 Å². The zero-order valence-corrected chi connectivity index (χ0v) is 19.7. The Labute approximate surface area is 205 Å². The van der Waals surface area contributed by atoms with E-state index in [1.54, 1.807) is 0 Å². The summed E-state index contributed by atoms with van der Waals surface area (Å²) in [5, 5.41) is 14.2. The molecule has 2 aromatic carbocycles. The Morgan fingerprint density at radius 2 is 1.60 bits per heavy atom. The first kappa shape index (κ1) is 24.7. The highest BCUT2D eigenvalue weighted by molar-refractivity contribution is 5.80. The fourth-order valence-corrected chi connectivity index (χ4v) is 4.80. The highest BCUT2D eigenvalue weighted by Crippen LogP contribution is 2.44. The first-order valence-electron chi connectivity index (χ1n) is 12.2. The van der Waals surface area contributed by atoms with Crippen molar-refractivity contribution >= 4 is 18.0 Å². The molecule has 2 aliphatic carbocycles. The van der Waals surface area contributed by atoms with E-state index in [1.165, 1.54) is 11.1 Å². The van der Waals surface area contributed by atoms with E-state index >= 15 is 0 Å². The maximum Gasteiger partial charge on any atom is 0.407 e. The number of amides is 2. The normalized spacial score (nSPS) is 15.4. The lowest BCUT2D eigenvalue weighted by Gasteiger charge is -2.33. The summed E-state index contributed by atoms with van der Waals surface area (Å²) >= 11 is 0. The number of fused-ring (bicyclic) bond motifs is 3. The van der Waals surface area contributed by atoms with Gasteiger partial charge in [0.2, 0.25) is 5.91 Å². The number of hydrogen-bond acceptors (Lipinski definition) is 5. The van der Waals surface area contributed by atoms with E-state index < -0.39 is 12.1 Å². The van der Waals surface area contributed by atoms with Gasteiger partial charge < -0.3 is 25.2 Å². The molecule has 0 heterocycles. The molecule has 4 rings (SSSR count). The van der Waals surface area contributed by atoms with Gasteiger partial charge in [0.25, 0.3) is 0 Å². The predicted molar refractivity (Wildman–Crippen MR) is 130 cm³/mol. The molecular weight excluding hydrogens is 448 g/mol. The van der Waals surface area contributed by atoms with Crippen molar-refractivity contribution in [3.63, 3.8) is 0 Å². The van der Waals surface area contributed by atoms with Gasteiger partial charge in [0.1, 0.15) is 6.61 Å². The van der Waals surface area contributed by atoms with Crippen molar-refractivity contribution in [3.8, 4) is 11.1 Å². The third kappa shape index (κ3) is 6.19. The molecule has 2 aromatic rings. The second kappa shape index (κ2) is 11.8. The molecule has 8 heteroatoms. The number of carboxylic acid groups (broad SMARTS) is 1.